The molecule has 116 valence electrons. The Morgan fingerprint density at radius 3 is 2.24 bits per heavy atom. The Morgan fingerprint density at radius 1 is 1.24 bits per heavy atom. The van der Waals surface area contributed by atoms with E-state index >= 15 is 0 Å². The van der Waals surface area contributed by atoms with Crippen molar-refractivity contribution in [3.8, 4) is 0 Å². The van der Waals surface area contributed by atoms with E-state index in [0.717, 1.165) is 17.5 Å². The SMILES string of the molecule is CCc1ccc(C(CC(=O)O)NC(=O)OC(C)(C)C)cc1. The molecule has 0 radical (unpaired) electrons. The Kier molecular flexibility index (Phi) is 5.76. The van der Waals surface area contributed by atoms with Gasteiger partial charge in [0.1, 0.15) is 5.60 Å². The topological polar surface area (TPSA) is 75.6 Å². The Hall–Kier alpha value is -2.04. The van der Waals surface area contributed by atoms with Gasteiger partial charge in [0.2, 0.25) is 0 Å². The lowest BCUT2D eigenvalue weighted by Crippen LogP contribution is -2.35. The molecule has 0 saturated heterocycles. The molecule has 1 aromatic carbocycles. The first-order valence-corrected chi connectivity index (χ1v) is 7.01. The number of carboxylic acid groups (broad SMARTS) is 1. The monoisotopic (exact) mass is 293 g/mol. The standard InChI is InChI=1S/C16H23NO4/c1-5-11-6-8-12(9-7-11)13(10-14(18)19)17-15(20)21-16(2,3)4/h6-9,13H,5,10H2,1-4H3,(H,17,20)(H,18,19). The number of ether oxygens (including phenoxy) is 1. The number of carboxylic acids is 1. The van der Waals surface area contributed by atoms with E-state index in [1.807, 2.05) is 31.2 Å². The summed E-state index contributed by atoms with van der Waals surface area (Å²) >= 11 is 0. The van der Waals surface area contributed by atoms with Crippen molar-refractivity contribution in [3.63, 3.8) is 0 Å². The van der Waals surface area contributed by atoms with Crippen molar-refractivity contribution in [2.75, 3.05) is 0 Å². The van der Waals surface area contributed by atoms with Gasteiger partial charge < -0.3 is 15.2 Å². The molecule has 0 saturated carbocycles. The molecule has 2 N–H and O–H groups in total. The molecule has 1 unspecified atom stereocenters. The van der Waals surface area contributed by atoms with Gasteiger partial charge in [0.15, 0.2) is 0 Å². The number of aryl methyl sites for hydroxylation is 1. The molecular formula is C16H23NO4. The summed E-state index contributed by atoms with van der Waals surface area (Å²) in [5.74, 6) is -0.976. The van der Waals surface area contributed by atoms with Gasteiger partial charge >= 0.3 is 12.1 Å². The predicted octanol–water partition coefficient (Wildman–Crippen LogP) is 3.29. The summed E-state index contributed by atoms with van der Waals surface area (Å²) in [7, 11) is 0. The van der Waals surface area contributed by atoms with E-state index in [1.165, 1.54) is 0 Å². The molecule has 21 heavy (non-hydrogen) atoms. The van der Waals surface area contributed by atoms with Gasteiger partial charge in [-0.1, -0.05) is 31.2 Å². The minimum atomic E-state index is -0.976. The van der Waals surface area contributed by atoms with Crippen molar-refractivity contribution in [2.24, 2.45) is 0 Å². The van der Waals surface area contributed by atoms with Crippen molar-refractivity contribution < 1.29 is 19.4 Å². The van der Waals surface area contributed by atoms with Crippen LogP contribution in [-0.2, 0) is 16.0 Å². The van der Waals surface area contributed by atoms with Crippen LogP contribution < -0.4 is 5.32 Å². The Labute approximate surface area is 125 Å². The van der Waals surface area contributed by atoms with E-state index in [-0.39, 0.29) is 6.42 Å². The number of benzene rings is 1. The highest BCUT2D eigenvalue weighted by Gasteiger charge is 2.22. The molecule has 1 rings (SSSR count). The molecule has 0 aliphatic carbocycles. The highest BCUT2D eigenvalue weighted by Crippen LogP contribution is 2.19. The molecule has 0 aliphatic heterocycles. The lowest BCUT2D eigenvalue weighted by atomic mass is 10.0. The molecule has 0 aromatic heterocycles. The molecule has 0 heterocycles. The molecule has 0 spiro atoms. The summed E-state index contributed by atoms with van der Waals surface area (Å²) in [4.78, 5) is 22.8. The first kappa shape index (κ1) is 17.0. The average molecular weight is 293 g/mol. The lowest BCUT2D eigenvalue weighted by molar-refractivity contribution is -0.137. The fourth-order valence-electron chi connectivity index (χ4n) is 1.86. The minimum absolute atomic E-state index is 0.190. The van der Waals surface area contributed by atoms with E-state index in [9.17, 15) is 9.59 Å². The van der Waals surface area contributed by atoms with E-state index in [1.54, 1.807) is 20.8 Å². The first-order chi connectivity index (χ1) is 9.71. The lowest BCUT2D eigenvalue weighted by Gasteiger charge is -2.23. The molecular weight excluding hydrogens is 270 g/mol. The van der Waals surface area contributed by atoms with Crippen LogP contribution in [0.2, 0.25) is 0 Å². The largest absolute Gasteiger partial charge is 0.481 e. The van der Waals surface area contributed by atoms with Gasteiger partial charge in [0.05, 0.1) is 12.5 Å². The number of alkyl carbamates (subject to hydrolysis) is 1. The summed E-state index contributed by atoms with van der Waals surface area (Å²) in [5, 5.41) is 11.6. The summed E-state index contributed by atoms with van der Waals surface area (Å²) in [6, 6.07) is 6.93. The molecule has 1 aromatic rings. The zero-order valence-electron chi connectivity index (χ0n) is 13.0. The number of hydrogen-bond donors (Lipinski definition) is 2. The van der Waals surface area contributed by atoms with Gasteiger partial charge in [-0.3, -0.25) is 4.79 Å². The normalized spacial score (nSPS) is 12.6. The Bertz CT molecular complexity index is 488. The van der Waals surface area contributed by atoms with Crippen molar-refractivity contribution in [1.82, 2.24) is 5.32 Å². The quantitative estimate of drug-likeness (QED) is 0.873. The zero-order chi connectivity index (χ0) is 16.0. The number of rotatable bonds is 5. The van der Waals surface area contributed by atoms with E-state index < -0.39 is 23.7 Å². The van der Waals surface area contributed by atoms with Gasteiger partial charge in [-0.2, -0.15) is 0 Å². The first-order valence-electron chi connectivity index (χ1n) is 7.01. The maximum Gasteiger partial charge on any atom is 0.408 e. The second-order valence-corrected chi connectivity index (χ2v) is 5.89. The van der Waals surface area contributed by atoms with Gasteiger partial charge in [-0.25, -0.2) is 4.79 Å². The van der Waals surface area contributed by atoms with Crippen LogP contribution in [-0.4, -0.2) is 22.8 Å². The number of aliphatic carboxylic acids is 1. The summed E-state index contributed by atoms with van der Waals surface area (Å²) in [6.07, 6.45) is 0.0991. The van der Waals surface area contributed by atoms with Crippen molar-refractivity contribution >= 4 is 12.1 Å². The van der Waals surface area contributed by atoms with Crippen molar-refractivity contribution in [2.45, 2.75) is 52.2 Å². The maximum absolute atomic E-state index is 11.8. The second-order valence-electron chi connectivity index (χ2n) is 5.89. The van der Waals surface area contributed by atoms with Crippen molar-refractivity contribution in [3.05, 3.63) is 35.4 Å². The number of amides is 1. The van der Waals surface area contributed by atoms with Crippen LogP contribution in [0.25, 0.3) is 0 Å². The number of hydrogen-bond acceptors (Lipinski definition) is 3. The summed E-state index contributed by atoms with van der Waals surface area (Å²) in [6.45, 7) is 7.32. The fraction of sp³-hybridized carbons (Fsp3) is 0.500. The average Bonchev–Trinajstić information content (AvgIpc) is 2.35. The van der Waals surface area contributed by atoms with Crippen LogP contribution in [0.5, 0.6) is 0 Å². The Morgan fingerprint density at radius 2 is 1.81 bits per heavy atom. The predicted molar refractivity (Wildman–Crippen MR) is 80.2 cm³/mol. The molecule has 5 heteroatoms. The molecule has 5 nitrogen and oxygen atoms in total. The third-order valence-corrected chi connectivity index (χ3v) is 2.86. The third kappa shape index (κ3) is 6.29. The van der Waals surface area contributed by atoms with Crippen LogP contribution in [0.15, 0.2) is 24.3 Å². The molecule has 0 aliphatic rings. The summed E-state index contributed by atoms with van der Waals surface area (Å²) in [5.41, 5.74) is 1.29. The maximum atomic E-state index is 11.8. The fourth-order valence-corrected chi connectivity index (χ4v) is 1.86. The molecule has 0 fully saturated rings. The van der Waals surface area contributed by atoms with Crippen LogP contribution in [0.1, 0.15) is 51.3 Å². The van der Waals surface area contributed by atoms with Gasteiger partial charge in [-0.05, 0) is 38.3 Å². The highest BCUT2D eigenvalue weighted by atomic mass is 16.6. The van der Waals surface area contributed by atoms with Crippen LogP contribution in [0, 0.1) is 0 Å². The smallest absolute Gasteiger partial charge is 0.408 e. The minimum Gasteiger partial charge on any atom is -0.481 e. The van der Waals surface area contributed by atoms with Crippen LogP contribution in [0.3, 0.4) is 0 Å². The van der Waals surface area contributed by atoms with Crippen LogP contribution >= 0.6 is 0 Å². The number of carbonyl (C=O) groups is 2. The van der Waals surface area contributed by atoms with E-state index in [2.05, 4.69) is 5.32 Å². The van der Waals surface area contributed by atoms with E-state index in [4.69, 9.17) is 9.84 Å². The molecule has 0 bridgehead atoms. The number of nitrogens with one attached hydrogen (secondary N) is 1. The van der Waals surface area contributed by atoms with Gasteiger partial charge in [-0.15, -0.1) is 0 Å². The van der Waals surface area contributed by atoms with Crippen molar-refractivity contribution in [1.29, 1.82) is 0 Å². The summed E-state index contributed by atoms with van der Waals surface area (Å²) < 4.78 is 5.17. The number of carbonyl (C=O) groups excluding carboxylic acids is 1. The van der Waals surface area contributed by atoms with Crippen LogP contribution in [0.4, 0.5) is 4.79 Å². The third-order valence-electron chi connectivity index (χ3n) is 2.86. The van der Waals surface area contributed by atoms with Gasteiger partial charge in [0, 0.05) is 0 Å². The Balaban J connectivity index is 2.84. The molecule has 1 atom stereocenters. The second kappa shape index (κ2) is 7.11. The molecule has 1 amide bonds. The zero-order valence-corrected chi connectivity index (χ0v) is 13.0. The highest BCUT2D eigenvalue weighted by molar-refractivity contribution is 5.72. The van der Waals surface area contributed by atoms with E-state index in [0.29, 0.717) is 0 Å². The van der Waals surface area contributed by atoms with Gasteiger partial charge in [0.25, 0.3) is 0 Å².